The summed E-state index contributed by atoms with van der Waals surface area (Å²) in [5.41, 5.74) is 5.76. The van der Waals surface area contributed by atoms with Crippen molar-refractivity contribution in [1.82, 2.24) is 4.31 Å². The normalized spacial score (nSPS) is 23.4. The van der Waals surface area contributed by atoms with Gasteiger partial charge in [0.1, 0.15) is 0 Å². The van der Waals surface area contributed by atoms with Gasteiger partial charge in [0.05, 0.1) is 9.82 Å². The number of rotatable bonds is 4. The number of hydrogen-bond donors (Lipinski definition) is 1. The topological polar surface area (TPSA) is 107 Å². The number of benzene rings is 1. The third-order valence-corrected chi connectivity index (χ3v) is 6.01. The average Bonchev–Trinajstić information content (AvgIpc) is 2.82. The molecule has 1 saturated heterocycles. The van der Waals surface area contributed by atoms with Gasteiger partial charge in [0.25, 0.3) is 5.69 Å². The number of nitrogens with zero attached hydrogens (tertiary/aromatic N) is 2. The Kier molecular flexibility index (Phi) is 4.05. The van der Waals surface area contributed by atoms with Gasteiger partial charge in [0, 0.05) is 25.2 Å². The molecule has 0 saturated carbocycles. The van der Waals surface area contributed by atoms with Gasteiger partial charge >= 0.3 is 0 Å². The van der Waals surface area contributed by atoms with Crippen LogP contribution in [-0.4, -0.2) is 37.3 Å². The number of aryl methyl sites for hydroxylation is 1. The van der Waals surface area contributed by atoms with Crippen molar-refractivity contribution < 1.29 is 13.3 Å². The fraction of sp³-hybridized carbons (Fsp3) is 0.538. The molecule has 0 spiro atoms. The minimum Gasteiger partial charge on any atom is -0.330 e. The highest BCUT2D eigenvalue weighted by Crippen LogP contribution is 2.33. The van der Waals surface area contributed by atoms with Crippen molar-refractivity contribution >= 4 is 15.7 Å². The first kappa shape index (κ1) is 15.9. The quantitative estimate of drug-likeness (QED) is 0.665. The van der Waals surface area contributed by atoms with E-state index in [1.165, 1.54) is 22.5 Å². The van der Waals surface area contributed by atoms with Gasteiger partial charge in [-0.25, -0.2) is 8.42 Å². The molecule has 0 radical (unpaired) electrons. The van der Waals surface area contributed by atoms with Crippen LogP contribution in [0.3, 0.4) is 0 Å². The molecule has 1 atom stereocenters. The minimum atomic E-state index is -3.64. The summed E-state index contributed by atoms with van der Waals surface area (Å²) < 4.78 is 26.7. The molecule has 1 heterocycles. The van der Waals surface area contributed by atoms with Crippen LogP contribution in [0.1, 0.15) is 18.9 Å². The highest BCUT2D eigenvalue weighted by Gasteiger charge is 2.39. The molecule has 1 aromatic carbocycles. The first-order chi connectivity index (χ1) is 9.69. The van der Waals surface area contributed by atoms with Gasteiger partial charge in [-0.15, -0.1) is 0 Å². The Morgan fingerprint density at radius 3 is 2.62 bits per heavy atom. The van der Waals surface area contributed by atoms with Gasteiger partial charge in [-0.05, 0) is 36.9 Å². The molecular formula is C13H19N3O4S. The zero-order valence-electron chi connectivity index (χ0n) is 12.1. The van der Waals surface area contributed by atoms with Gasteiger partial charge in [0.15, 0.2) is 0 Å². The number of non-ortho nitro benzene ring substituents is 1. The van der Waals surface area contributed by atoms with Gasteiger partial charge in [-0.2, -0.15) is 4.31 Å². The molecule has 1 aromatic rings. The van der Waals surface area contributed by atoms with E-state index in [2.05, 4.69) is 0 Å². The van der Waals surface area contributed by atoms with Crippen molar-refractivity contribution in [3.8, 4) is 0 Å². The molecule has 0 bridgehead atoms. The minimum absolute atomic E-state index is 0.111. The van der Waals surface area contributed by atoms with E-state index < -0.39 is 14.9 Å². The Balaban J connectivity index is 2.35. The fourth-order valence-electron chi connectivity index (χ4n) is 2.53. The van der Waals surface area contributed by atoms with Crippen LogP contribution in [0.5, 0.6) is 0 Å². The van der Waals surface area contributed by atoms with Crippen molar-refractivity contribution in [2.75, 3.05) is 19.6 Å². The fourth-order valence-corrected chi connectivity index (χ4v) is 4.32. The maximum atomic E-state index is 12.7. The standard InChI is InChI=1S/C13H19N3O4S/c1-10-7-11(16(17)18)3-4-12(10)21(19,20)15-6-5-13(2,8-14)9-15/h3-4,7H,5-6,8-9,14H2,1-2H3. The summed E-state index contributed by atoms with van der Waals surface area (Å²) in [4.78, 5) is 10.3. The molecular weight excluding hydrogens is 294 g/mol. The molecule has 1 aliphatic heterocycles. The maximum absolute atomic E-state index is 12.7. The number of nitro groups is 1. The Morgan fingerprint density at radius 2 is 2.14 bits per heavy atom. The molecule has 116 valence electrons. The third-order valence-electron chi connectivity index (χ3n) is 4.00. The van der Waals surface area contributed by atoms with Crippen molar-refractivity contribution in [3.63, 3.8) is 0 Å². The second kappa shape index (κ2) is 5.36. The second-order valence-electron chi connectivity index (χ2n) is 5.81. The molecule has 2 rings (SSSR count). The number of nitrogens with two attached hydrogens (primary N) is 1. The molecule has 7 nitrogen and oxygen atoms in total. The highest BCUT2D eigenvalue weighted by molar-refractivity contribution is 7.89. The lowest BCUT2D eigenvalue weighted by atomic mass is 9.90. The second-order valence-corrected chi connectivity index (χ2v) is 7.72. The van der Waals surface area contributed by atoms with Crippen LogP contribution in [0, 0.1) is 22.5 Å². The number of sulfonamides is 1. The smallest absolute Gasteiger partial charge is 0.269 e. The van der Waals surface area contributed by atoms with E-state index in [9.17, 15) is 18.5 Å². The van der Waals surface area contributed by atoms with Gasteiger partial charge in [-0.3, -0.25) is 10.1 Å². The molecule has 8 heteroatoms. The van der Waals surface area contributed by atoms with Crippen LogP contribution < -0.4 is 5.73 Å². The van der Waals surface area contributed by atoms with Crippen LogP contribution in [0.15, 0.2) is 23.1 Å². The van der Waals surface area contributed by atoms with Crippen molar-refractivity contribution in [3.05, 3.63) is 33.9 Å². The molecule has 1 fully saturated rings. The Labute approximate surface area is 123 Å². The first-order valence-corrected chi connectivity index (χ1v) is 8.09. The molecule has 0 aliphatic carbocycles. The maximum Gasteiger partial charge on any atom is 0.269 e. The van der Waals surface area contributed by atoms with Gasteiger partial charge < -0.3 is 5.73 Å². The predicted molar refractivity (Wildman–Crippen MR) is 78.4 cm³/mol. The lowest BCUT2D eigenvalue weighted by Crippen LogP contribution is -2.34. The lowest BCUT2D eigenvalue weighted by Gasteiger charge is -2.22. The van der Waals surface area contributed by atoms with E-state index >= 15 is 0 Å². The molecule has 2 N–H and O–H groups in total. The van der Waals surface area contributed by atoms with Crippen molar-refractivity contribution in [1.29, 1.82) is 0 Å². The van der Waals surface area contributed by atoms with Gasteiger partial charge in [0.2, 0.25) is 10.0 Å². The first-order valence-electron chi connectivity index (χ1n) is 6.65. The zero-order chi connectivity index (χ0) is 15.8. The Bertz CT molecular complexity index is 674. The Hall–Kier alpha value is -1.51. The van der Waals surface area contributed by atoms with E-state index in [0.29, 0.717) is 25.2 Å². The van der Waals surface area contributed by atoms with Crippen LogP contribution in [0.4, 0.5) is 5.69 Å². The lowest BCUT2D eigenvalue weighted by molar-refractivity contribution is -0.385. The summed E-state index contributed by atoms with van der Waals surface area (Å²) >= 11 is 0. The van der Waals surface area contributed by atoms with E-state index in [-0.39, 0.29) is 16.0 Å². The summed E-state index contributed by atoms with van der Waals surface area (Å²) in [7, 11) is -3.64. The summed E-state index contributed by atoms with van der Waals surface area (Å²) in [6.07, 6.45) is 0.717. The predicted octanol–water partition coefficient (Wildman–Crippen LogP) is 1.26. The third kappa shape index (κ3) is 2.92. The van der Waals surface area contributed by atoms with Crippen LogP contribution in [-0.2, 0) is 10.0 Å². The van der Waals surface area contributed by atoms with E-state index in [4.69, 9.17) is 5.73 Å². The molecule has 1 unspecified atom stereocenters. The molecule has 21 heavy (non-hydrogen) atoms. The summed E-state index contributed by atoms with van der Waals surface area (Å²) in [5.74, 6) is 0. The number of hydrogen-bond acceptors (Lipinski definition) is 5. The molecule has 1 aliphatic rings. The van der Waals surface area contributed by atoms with E-state index in [0.717, 1.165) is 6.42 Å². The number of nitro benzene ring substituents is 1. The zero-order valence-corrected chi connectivity index (χ0v) is 12.9. The SMILES string of the molecule is Cc1cc([N+](=O)[O-])ccc1S(=O)(=O)N1CCC(C)(CN)C1. The van der Waals surface area contributed by atoms with Crippen LogP contribution >= 0.6 is 0 Å². The summed E-state index contributed by atoms with van der Waals surface area (Å²) in [6.45, 7) is 4.76. The van der Waals surface area contributed by atoms with Crippen molar-refractivity contribution in [2.24, 2.45) is 11.1 Å². The van der Waals surface area contributed by atoms with Crippen LogP contribution in [0.25, 0.3) is 0 Å². The molecule has 0 amide bonds. The van der Waals surface area contributed by atoms with Gasteiger partial charge in [-0.1, -0.05) is 6.92 Å². The summed E-state index contributed by atoms with van der Waals surface area (Å²) in [6, 6.07) is 3.81. The van der Waals surface area contributed by atoms with E-state index in [1.54, 1.807) is 6.92 Å². The average molecular weight is 313 g/mol. The van der Waals surface area contributed by atoms with E-state index in [1.807, 2.05) is 6.92 Å². The Morgan fingerprint density at radius 1 is 1.48 bits per heavy atom. The summed E-state index contributed by atoms with van der Waals surface area (Å²) in [5, 5.41) is 10.7. The largest absolute Gasteiger partial charge is 0.330 e. The monoisotopic (exact) mass is 313 g/mol. The van der Waals surface area contributed by atoms with Crippen LogP contribution in [0.2, 0.25) is 0 Å². The van der Waals surface area contributed by atoms with Crippen molar-refractivity contribution in [2.45, 2.75) is 25.2 Å². The highest BCUT2D eigenvalue weighted by atomic mass is 32.2. The molecule has 0 aromatic heterocycles.